The highest BCUT2D eigenvalue weighted by atomic mass is 16.6. The summed E-state index contributed by atoms with van der Waals surface area (Å²) in [6.07, 6.45) is 3.63. The second-order valence-corrected chi connectivity index (χ2v) is 8.84. The Hall–Kier alpha value is -3.22. The monoisotopic (exact) mass is 437 g/mol. The Bertz CT molecular complexity index is 1020. The summed E-state index contributed by atoms with van der Waals surface area (Å²) in [5.74, 6) is -0.271. The molecule has 3 rings (SSSR count). The van der Waals surface area contributed by atoms with Crippen LogP contribution >= 0.6 is 0 Å². The average Bonchev–Trinajstić information content (AvgIpc) is 2.97. The number of amides is 2. The number of carbonyl (C=O) groups is 2. The first kappa shape index (κ1) is 23.4. The van der Waals surface area contributed by atoms with Crippen molar-refractivity contribution >= 4 is 28.9 Å². The van der Waals surface area contributed by atoms with Gasteiger partial charge in [0, 0.05) is 26.1 Å². The summed E-state index contributed by atoms with van der Waals surface area (Å²) in [5.41, 5.74) is 1.60. The van der Waals surface area contributed by atoms with Gasteiger partial charge < -0.3 is 9.80 Å². The maximum absolute atomic E-state index is 13.1. The van der Waals surface area contributed by atoms with Crippen LogP contribution in [0.15, 0.2) is 42.5 Å². The smallest absolute Gasteiger partial charge is 0.295 e. The largest absolute Gasteiger partial charge is 0.311 e. The van der Waals surface area contributed by atoms with Crippen LogP contribution in [0.1, 0.15) is 57.6 Å². The zero-order chi connectivity index (χ0) is 23.5. The molecule has 32 heavy (non-hydrogen) atoms. The molecule has 2 aromatic rings. The molecule has 0 fully saturated rings. The van der Waals surface area contributed by atoms with Crippen LogP contribution in [0.3, 0.4) is 0 Å². The van der Waals surface area contributed by atoms with E-state index in [0.717, 1.165) is 30.4 Å². The first-order valence-electron chi connectivity index (χ1n) is 11.1. The minimum atomic E-state index is -0.806. The molecule has 0 unspecified atom stereocenters. The third kappa shape index (κ3) is 4.52. The van der Waals surface area contributed by atoms with Gasteiger partial charge in [0.1, 0.15) is 5.69 Å². The molecule has 2 aromatic carbocycles. The molecule has 7 heteroatoms. The van der Waals surface area contributed by atoms with E-state index >= 15 is 0 Å². The van der Waals surface area contributed by atoms with Gasteiger partial charge in [-0.05, 0) is 43.9 Å². The number of anilines is 2. The normalized spacial score (nSPS) is 14.4. The average molecular weight is 438 g/mol. The zero-order valence-corrected chi connectivity index (χ0v) is 19.3. The van der Waals surface area contributed by atoms with E-state index in [4.69, 9.17) is 0 Å². The number of unbranched alkanes of at least 4 members (excludes halogenated alkanes) is 2. The van der Waals surface area contributed by atoms with Crippen molar-refractivity contribution < 1.29 is 14.5 Å². The van der Waals surface area contributed by atoms with Gasteiger partial charge in [-0.15, -0.1) is 0 Å². The van der Waals surface area contributed by atoms with Gasteiger partial charge in [0.15, 0.2) is 0 Å². The predicted molar refractivity (Wildman–Crippen MR) is 126 cm³/mol. The fourth-order valence-electron chi connectivity index (χ4n) is 4.21. The van der Waals surface area contributed by atoms with E-state index < -0.39 is 10.3 Å². The molecule has 1 heterocycles. The maximum atomic E-state index is 13.1. The Morgan fingerprint density at radius 2 is 1.84 bits per heavy atom. The number of benzene rings is 2. The molecule has 0 saturated carbocycles. The van der Waals surface area contributed by atoms with Crippen molar-refractivity contribution in [2.75, 3.05) is 23.4 Å². The number of nitrogens with zero attached hydrogens (tertiary/aromatic N) is 3. The second-order valence-electron chi connectivity index (χ2n) is 8.84. The van der Waals surface area contributed by atoms with Crippen LogP contribution < -0.4 is 9.80 Å². The molecule has 1 aliphatic rings. The minimum absolute atomic E-state index is 0.0619. The third-order valence-corrected chi connectivity index (χ3v) is 6.22. The summed E-state index contributed by atoms with van der Waals surface area (Å²) in [7, 11) is 1.56. The van der Waals surface area contributed by atoms with E-state index in [1.165, 1.54) is 11.0 Å². The molecule has 0 N–H and O–H groups in total. The van der Waals surface area contributed by atoms with Crippen LogP contribution in [0.2, 0.25) is 0 Å². The Labute approximate surface area is 189 Å². The predicted octanol–water partition coefficient (Wildman–Crippen LogP) is 5.00. The zero-order valence-electron chi connectivity index (χ0n) is 19.3. The topological polar surface area (TPSA) is 83.8 Å². The van der Waals surface area contributed by atoms with Gasteiger partial charge in [0.25, 0.3) is 5.69 Å². The highest BCUT2D eigenvalue weighted by Crippen LogP contribution is 2.46. The van der Waals surface area contributed by atoms with Gasteiger partial charge in [-0.1, -0.05) is 50.1 Å². The van der Waals surface area contributed by atoms with E-state index in [1.807, 2.05) is 44.2 Å². The summed E-state index contributed by atoms with van der Waals surface area (Å²) in [5, 5.41) is 11.9. The van der Waals surface area contributed by atoms with E-state index in [2.05, 4.69) is 6.92 Å². The number of hydrogen-bond acceptors (Lipinski definition) is 4. The summed E-state index contributed by atoms with van der Waals surface area (Å²) in [6, 6.07) is 12.8. The highest BCUT2D eigenvalue weighted by Gasteiger charge is 2.45. The SMILES string of the molecule is CCCCCN1C(=O)C(C)(C)c2cc(N(C)C(=O)CCc3ccccc3)c([N+](=O)[O-])cc21. The molecular weight excluding hydrogens is 406 g/mol. The number of carbonyl (C=O) groups excluding carboxylic acids is 2. The fraction of sp³-hybridized carbons (Fsp3) is 0.440. The van der Waals surface area contributed by atoms with Crippen LogP contribution in [-0.4, -0.2) is 30.3 Å². The van der Waals surface area contributed by atoms with Crippen molar-refractivity contribution in [1.82, 2.24) is 0 Å². The Kier molecular flexibility index (Phi) is 6.96. The van der Waals surface area contributed by atoms with Crippen LogP contribution in [0.5, 0.6) is 0 Å². The summed E-state index contributed by atoms with van der Waals surface area (Å²) in [4.78, 5) is 40.4. The lowest BCUT2D eigenvalue weighted by Crippen LogP contribution is -2.36. The molecule has 0 aromatic heterocycles. The van der Waals surface area contributed by atoms with E-state index in [0.29, 0.717) is 18.7 Å². The lowest BCUT2D eigenvalue weighted by Gasteiger charge is -2.21. The van der Waals surface area contributed by atoms with E-state index in [9.17, 15) is 19.7 Å². The number of aryl methyl sites for hydroxylation is 1. The van der Waals surface area contributed by atoms with Gasteiger partial charge >= 0.3 is 0 Å². The van der Waals surface area contributed by atoms with Crippen LogP contribution in [-0.2, 0) is 21.4 Å². The van der Waals surface area contributed by atoms with Crippen LogP contribution in [0.4, 0.5) is 17.1 Å². The molecule has 2 amide bonds. The van der Waals surface area contributed by atoms with Crippen molar-refractivity contribution in [3.05, 3.63) is 63.7 Å². The molecule has 0 atom stereocenters. The number of nitro groups is 1. The van der Waals surface area contributed by atoms with Crippen molar-refractivity contribution in [3.8, 4) is 0 Å². The van der Waals surface area contributed by atoms with E-state index in [-0.39, 0.29) is 29.6 Å². The van der Waals surface area contributed by atoms with Gasteiger partial charge in [-0.3, -0.25) is 19.7 Å². The third-order valence-electron chi connectivity index (χ3n) is 6.22. The maximum Gasteiger partial charge on any atom is 0.295 e. The Morgan fingerprint density at radius 3 is 2.47 bits per heavy atom. The lowest BCUT2D eigenvalue weighted by molar-refractivity contribution is -0.384. The second kappa shape index (κ2) is 9.51. The minimum Gasteiger partial charge on any atom is -0.311 e. The van der Waals surface area contributed by atoms with Crippen molar-refractivity contribution in [2.24, 2.45) is 0 Å². The summed E-state index contributed by atoms with van der Waals surface area (Å²) in [6.45, 7) is 6.29. The highest BCUT2D eigenvalue weighted by molar-refractivity contribution is 6.09. The number of rotatable bonds is 9. The van der Waals surface area contributed by atoms with Crippen LogP contribution in [0.25, 0.3) is 0 Å². The van der Waals surface area contributed by atoms with E-state index in [1.54, 1.807) is 18.0 Å². The van der Waals surface area contributed by atoms with Gasteiger partial charge in [0.05, 0.1) is 16.0 Å². The standard InChI is InChI=1S/C25H31N3O4/c1-5-6-10-15-27-20-17-22(28(31)32)21(16-19(20)25(2,3)24(27)30)26(4)23(29)14-13-18-11-8-7-9-12-18/h7-9,11-12,16-17H,5-6,10,13-15H2,1-4H3. The van der Waals surface area contributed by atoms with Gasteiger partial charge in [-0.2, -0.15) is 0 Å². The summed E-state index contributed by atoms with van der Waals surface area (Å²) >= 11 is 0. The van der Waals surface area contributed by atoms with Crippen LogP contribution in [0, 0.1) is 10.1 Å². The Balaban J connectivity index is 1.93. The lowest BCUT2D eigenvalue weighted by atomic mass is 9.85. The molecule has 0 saturated heterocycles. The summed E-state index contributed by atoms with van der Waals surface area (Å²) < 4.78 is 0. The Morgan fingerprint density at radius 1 is 1.16 bits per heavy atom. The van der Waals surface area contributed by atoms with Crippen molar-refractivity contribution in [3.63, 3.8) is 0 Å². The quantitative estimate of drug-likeness (QED) is 0.314. The molecule has 0 radical (unpaired) electrons. The molecule has 0 bridgehead atoms. The number of nitro benzene ring substituents is 1. The van der Waals surface area contributed by atoms with Crippen molar-refractivity contribution in [1.29, 1.82) is 0 Å². The molecule has 1 aliphatic heterocycles. The first-order valence-corrected chi connectivity index (χ1v) is 11.1. The fourth-order valence-corrected chi connectivity index (χ4v) is 4.21. The molecular formula is C25H31N3O4. The van der Waals surface area contributed by atoms with Gasteiger partial charge in [-0.25, -0.2) is 0 Å². The molecule has 0 aliphatic carbocycles. The molecule has 7 nitrogen and oxygen atoms in total. The molecule has 170 valence electrons. The first-order chi connectivity index (χ1) is 15.2. The number of fused-ring (bicyclic) bond motifs is 1. The van der Waals surface area contributed by atoms with Crippen molar-refractivity contribution in [2.45, 2.75) is 58.3 Å². The number of hydrogen-bond donors (Lipinski definition) is 0. The van der Waals surface area contributed by atoms with Gasteiger partial charge in [0.2, 0.25) is 11.8 Å². The molecule has 0 spiro atoms.